The quantitative estimate of drug-likeness (QED) is 0.221. The van der Waals surface area contributed by atoms with E-state index in [2.05, 4.69) is 27.4 Å². The van der Waals surface area contributed by atoms with Crippen LogP contribution in [0.15, 0.2) is 50.8 Å². The Morgan fingerprint density at radius 1 is 1.11 bits per heavy atom. The normalized spacial score (nSPS) is 15.0. The van der Waals surface area contributed by atoms with Crippen molar-refractivity contribution in [3.05, 3.63) is 51.9 Å². The van der Waals surface area contributed by atoms with E-state index in [0.29, 0.717) is 33.9 Å². The average Bonchev–Trinajstić information content (AvgIpc) is 3.34. The third-order valence-electron chi connectivity index (χ3n) is 5.91. The molecule has 2 heterocycles. The molecule has 1 saturated heterocycles. The molecule has 0 radical (unpaired) electrons. The molecule has 0 unspecified atom stereocenters. The number of amides is 1. The predicted octanol–water partition coefficient (Wildman–Crippen LogP) is 5.43. The topological polar surface area (TPSA) is 105 Å². The highest BCUT2D eigenvalue weighted by Crippen LogP contribution is 2.27. The van der Waals surface area contributed by atoms with E-state index in [0.717, 1.165) is 24.3 Å². The van der Waals surface area contributed by atoms with Crippen molar-refractivity contribution in [3.63, 3.8) is 0 Å². The van der Waals surface area contributed by atoms with Crippen LogP contribution in [-0.2, 0) is 16.6 Å². The fourth-order valence-corrected chi connectivity index (χ4v) is 6.89. The van der Waals surface area contributed by atoms with E-state index in [1.165, 1.54) is 43.4 Å². The van der Waals surface area contributed by atoms with E-state index in [1.54, 1.807) is 40.7 Å². The number of carbonyl (C=O) groups excluding carboxylic acids is 1. The predicted molar refractivity (Wildman–Crippen MR) is 139 cm³/mol. The van der Waals surface area contributed by atoms with E-state index in [-0.39, 0.29) is 6.54 Å². The molecular formula is C24H33ClN5O3S2+. The smallest absolute Gasteiger partial charge is 0.314 e. The van der Waals surface area contributed by atoms with Crippen molar-refractivity contribution < 1.29 is 13.2 Å². The minimum atomic E-state index is -3.52. The van der Waals surface area contributed by atoms with Gasteiger partial charge < -0.3 is 5.32 Å². The number of nitrogens with zero attached hydrogens (tertiary/aromatic N) is 4. The molecule has 35 heavy (non-hydrogen) atoms. The number of carbonyl (C=O) groups is 1. The summed E-state index contributed by atoms with van der Waals surface area (Å²) in [6.45, 7) is 4.42. The lowest BCUT2D eigenvalue weighted by Crippen LogP contribution is -2.44. The molecule has 11 heteroatoms. The Bertz CT molecular complexity index is 1120. The number of benzene rings is 1. The number of hydrogen-bond donors (Lipinski definition) is 1. The van der Waals surface area contributed by atoms with E-state index in [9.17, 15) is 13.2 Å². The molecule has 0 saturated carbocycles. The van der Waals surface area contributed by atoms with Crippen molar-refractivity contribution in [2.75, 3.05) is 19.6 Å². The Morgan fingerprint density at radius 3 is 2.54 bits per heavy atom. The van der Waals surface area contributed by atoms with Gasteiger partial charge in [-0.25, -0.2) is 8.42 Å². The zero-order valence-electron chi connectivity index (χ0n) is 20.0. The summed E-state index contributed by atoms with van der Waals surface area (Å²) in [5, 5.41) is 11.6. The Hall–Kier alpha value is -1.94. The second-order valence-electron chi connectivity index (χ2n) is 8.57. The maximum atomic E-state index is 13.1. The van der Waals surface area contributed by atoms with Gasteiger partial charge in [-0.3, -0.25) is 4.79 Å². The van der Waals surface area contributed by atoms with Gasteiger partial charge in [-0.2, -0.15) is 4.31 Å². The molecular weight excluding hydrogens is 506 g/mol. The molecule has 1 fully saturated rings. The van der Waals surface area contributed by atoms with Gasteiger partial charge in [0.1, 0.15) is 9.32 Å². The molecule has 3 rings (SSSR count). The number of nitrogens with one attached hydrogen (secondary N) is 1. The highest BCUT2D eigenvalue weighted by atomic mass is 35.5. The summed E-state index contributed by atoms with van der Waals surface area (Å²) in [5.74, 6) is -0.519. The second kappa shape index (κ2) is 14.0. The summed E-state index contributed by atoms with van der Waals surface area (Å²) in [7, 11) is -3.52. The first-order valence-corrected chi connectivity index (χ1v) is 14.7. The van der Waals surface area contributed by atoms with Crippen LogP contribution in [0.1, 0.15) is 67.1 Å². The Morgan fingerprint density at radius 2 is 1.83 bits per heavy atom. The van der Waals surface area contributed by atoms with Crippen molar-refractivity contribution in [1.29, 1.82) is 0 Å². The van der Waals surface area contributed by atoms with Crippen LogP contribution in [0.2, 0.25) is 5.02 Å². The number of unbranched alkanes of at least 4 members (excludes halogenated alkanes) is 4. The first kappa shape index (κ1) is 27.6. The standard InChI is InChI=1S/C24H33ClN5O3S2/c1-2-3-4-5-6-15-26-21-13-16-30(17-14-21)35(32,33)23-12-11-22(34-23)18-27-29-28-24(31)19-7-9-20(25)10-8-19/h7-12,21,26H,2-6,13-18H2,1H3/q+1. The van der Waals surface area contributed by atoms with Gasteiger partial charge in [0.2, 0.25) is 10.0 Å². The summed E-state index contributed by atoms with van der Waals surface area (Å²) in [5.41, 5.74) is 0.365. The zero-order chi connectivity index (χ0) is 25.1. The van der Waals surface area contributed by atoms with Crippen LogP contribution in [0.4, 0.5) is 0 Å². The third-order valence-corrected chi connectivity index (χ3v) is 9.60. The molecule has 1 aliphatic heterocycles. The first-order chi connectivity index (χ1) is 16.9. The summed E-state index contributed by atoms with van der Waals surface area (Å²) >= 11 is 6.98. The van der Waals surface area contributed by atoms with Gasteiger partial charge >= 0.3 is 5.91 Å². The van der Waals surface area contributed by atoms with Crippen molar-refractivity contribution in [1.82, 2.24) is 14.5 Å². The van der Waals surface area contributed by atoms with Gasteiger partial charge in [0.15, 0.2) is 6.54 Å². The molecule has 190 valence electrons. The van der Waals surface area contributed by atoms with Crippen LogP contribution in [0.5, 0.6) is 0 Å². The molecule has 0 atom stereocenters. The van der Waals surface area contributed by atoms with Crippen LogP contribution in [0.25, 0.3) is 0 Å². The minimum absolute atomic E-state index is 0.155. The number of rotatable bonds is 12. The SMILES string of the molecule is CCCCCCCNC1CCN(S(=O)(=O)c2ccc(CN=[N+]=NC(=O)c3ccc(Cl)cc3)s2)CC1. The molecule has 2 aromatic rings. The summed E-state index contributed by atoms with van der Waals surface area (Å²) in [6.07, 6.45) is 7.90. The lowest BCUT2D eigenvalue weighted by atomic mass is 10.1. The maximum Gasteiger partial charge on any atom is 0.360 e. The summed E-state index contributed by atoms with van der Waals surface area (Å²) in [6, 6.07) is 10.0. The van der Waals surface area contributed by atoms with Crippen LogP contribution in [0.3, 0.4) is 0 Å². The molecule has 8 nitrogen and oxygen atoms in total. The van der Waals surface area contributed by atoms with Gasteiger partial charge in [-0.15, -0.1) is 11.3 Å². The molecule has 0 aliphatic carbocycles. The molecule has 1 amide bonds. The van der Waals surface area contributed by atoms with E-state index in [1.807, 2.05) is 0 Å². The van der Waals surface area contributed by atoms with Crippen molar-refractivity contribution in [3.8, 4) is 0 Å². The highest BCUT2D eigenvalue weighted by molar-refractivity contribution is 7.91. The monoisotopic (exact) mass is 538 g/mol. The van der Waals surface area contributed by atoms with Crippen molar-refractivity contribution >= 4 is 38.9 Å². The van der Waals surface area contributed by atoms with Gasteiger partial charge in [-0.05, 0) is 62.2 Å². The van der Waals surface area contributed by atoms with E-state index in [4.69, 9.17) is 11.6 Å². The zero-order valence-corrected chi connectivity index (χ0v) is 22.4. The number of piperidine rings is 1. The van der Waals surface area contributed by atoms with Crippen LogP contribution in [0, 0.1) is 0 Å². The fourth-order valence-electron chi connectivity index (χ4n) is 3.87. The van der Waals surface area contributed by atoms with Gasteiger partial charge in [0, 0.05) is 34.6 Å². The minimum Gasteiger partial charge on any atom is -0.314 e. The Kier molecular flexibility index (Phi) is 11.0. The highest BCUT2D eigenvalue weighted by Gasteiger charge is 2.30. The number of halogens is 1. The van der Waals surface area contributed by atoms with Crippen LogP contribution < -0.4 is 10.2 Å². The van der Waals surface area contributed by atoms with Crippen LogP contribution >= 0.6 is 22.9 Å². The molecule has 1 N–H and O–H groups in total. The second-order valence-corrected chi connectivity index (χ2v) is 12.3. The fraction of sp³-hybridized carbons (Fsp3) is 0.542. The average molecular weight is 539 g/mol. The summed E-state index contributed by atoms with van der Waals surface area (Å²) < 4.78 is 28.0. The number of hydrogen-bond acceptors (Lipinski definition) is 6. The first-order valence-electron chi connectivity index (χ1n) is 12.1. The van der Waals surface area contributed by atoms with Crippen molar-refractivity contribution in [2.24, 2.45) is 10.2 Å². The Balaban J connectivity index is 1.46. The largest absolute Gasteiger partial charge is 0.360 e. The molecule has 1 aliphatic rings. The van der Waals surface area contributed by atoms with Crippen molar-refractivity contribution in [2.45, 2.75) is 68.7 Å². The summed E-state index contributed by atoms with van der Waals surface area (Å²) in [4.78, 5) is 16.3. The van der Waals surface area contributed by atoms with E-state index < -0.39 is 15.9 Å². The molecule has 1 aromatic heterocycles. The third kappa shape index (κ3) is 8.59. The van der Waals surface area contributed by atoms with E-state index >= 15 is 0 Å². The maximum absolute atomic E-state index is 13.1. The number of thiophene rings is 1. The van der Waals surface area contributed by atoms with Crippen LogP contribution in [-0.4, -0.2) is 44.3 Å². The van der Waals surface area contributed by atoms with Gasteiger partial charge in [-0.1, -0.05) is 44.2 Å². The molecule has 0 spiro atoms. The lowest BCUT2D eigenvalue weighted by Gasteiger charge is -2.31. The lowest BCUT2D eigenvalue weighted by molar-refractivity contribution is 0.0992. The molecule has 0 bridgehead atoms. The number of sulfonamides is 1. The van der Waals surface area contributed by atoms with Gasteiger partial charge in [0.25, 0.3) is 10.0 Å². The van der Waals surface area contributed by atoms with Gasteiger partial charge in [0.05, 0.1) is 0 Å². The Labute approximate surface area is 216 Å². The molecule has 1 aromatic carbocycles.